The summed E-state index contributed by atoms with van der Waals surface area (Å²) < 4.78 is 0. The van der Waals surface area contributed by atoms with E-state index in [4.69, 9.17) is 0 Å². The van der Waals surface area contributed by atoms with E-state index in [0.29, 0.717) is 0 Å². The molecule has 14 heavy (non-hydrogen) atoms. The van der Waals surface area contributed by atoms with Crippen LogP contribution in [0, 0.1) is 0 Å². The molecule has 0 radical (unpaired) electrons. The average molecular weight is 203 g/mol. The van der Waals surface area contributed by atoms with Crippen LogP contribution in [0.1, 0.15) is 18.2 Å². The fraction of sp³-hybridized carbons (Fsp3) is 0.250. The number of rotatable bonds is 3. The Morgan fingerprint density at radius 3 is 3.00 bits per heavy atom. The van der Waals surface area contributed by atoms with E-state index in [-0.39, 0.29) is 0 Å². The molecular formula is C12H13NS. The normalized spacial score (nSPS) is 10.4. The summed E-state index contributed by atoms with van der Waals surface area (Å²) in [5.74, 6) is 0. The van der Waals surface area contributed by atoms with Gasteiger partial charge in [0.25, 0.3) is 0 Å². The van der Waals surface area contributed by atoms with Gasteiger partial charge >= 0.3 is 0 Å². The maximum atomic E-state index is 4.15. The highest BCUT2D eigenvalue weighted by atomic mass is 32.1. The van der Waals surface area contributed by atoms with Crippen LogP contribution in [0.15, 0.2) is 36.0 Å². The SMILES string of the molecule is CCCc1sccc1-c1cccnc1. The van der Waals surface area contributed by atoms with Crippen molar-refractivity contribution in [2.24, 2.45) is 0 Å². The molecule has 0 aliphatic carbocycles. The fourth-order valence-corrected chi connectivity index (χ4v) is 2.54. The molecule has 0 aliphatic rings. The van der Waals surface area contributed by atoms with Gasteiger partial charge in [0.2, 0.25) is 0 Å². The zero-order valence-corrected chi connectivity index (χ0v) is 9.05. The molecule has 2 rings (SSSR count). The van der Waals surface area contributed by atoms with E-state index < -0.39 is 0 Å². The number of nitrogens with zero attached hydrogens (tertiary/aromatic N) is 1. The fourth-order valence-electron chi connectivity index (χ4n) is 1.54. The number of aromatic nitrogens is 1. The number of thiophene rings is 1. The molecule has 0 spiro atoms. The Labute approximate surface area is 88.4 Å². The van der Waals surface area contributed by atoms with Crippen molar-refractivity contribution in [1.29, 1.82) is 0 Å². The van der Waals surface area contributed by atoms with Crippen LogP contribution in [0.25, 0.3) is 11.1 Å². The first-order valence-corrected chi connectivity index (χ1v) is 5.76. The summed E-state index contributed by atoms with van der Waals surface area (Å²) in [6.07, 6.45) is 6.12. The minimum absolute atomic E-state index is 1.17. The van der Waals surface area contributed by atoms with E-state index >= 15 is 0 Å². The first-order valence-electron chi connectivity index (χ1n) is 4.88. The molecule has 0 N–H and O–H groups in total. The summed E-state index contributed by atoms with van der Waals surface area (Å²) in [5.41, 5.74) is 2.59. The van der Waals surface area contributed by atoms with Crippen molar-refractivity contribution in [1.82, 2.24) is 4.98 Å². The standard InChI is InChI=1S/C12H13NS/c1-2-4-12-11(6-8-14-12)10-5-3-7-13-9-10/h3,5-9H,2,4H2,1H3. The van der Waals surface area contributed by atoms with Crippen molar-refractivity contribution in [3.8, 4) is 11.1 Å². The van der Waals surface area contributed by atoms with Crippen LogP contribution in [0.4, 0.5) is 0 Å². The molecule has 0 aliphatic heterocycles. The highest BCUT2D eigenvalue weighted by molar-refractivity contribution is 7.10. The second kappa shape index (κ2) is 4.38. The lowest BCUT2D eigenvalue weighted by Gasteiger charge is -2.01. The molecule has 0 atom stereocenters. The molecule has 0 unspecified atom stereocenters. The van der Waals surface area contributed by atoms with Gasteiger partial charge < -0.3 is 0 Å². The molecule has 0 amide bonds. The van der Waals surface area contributed by atoms with E-state index in [1.165, 1.54) is 28.8 Å². The highest BCUT2D eigenvalue weighted by Gasteiger charge is 2.04. The van der Waals surface area contributed by atoms with Crippen LogP contribution in [-0.2, 0) is 6.42 Å². The maximum absolute atomic E-state index is 4.15. The van der Waals surface area contributed by atoms with Gasteiger partial charge in [0.05, 0.1) is 0 Å². The first-order chi connectivity index (χ1) is 6.92. The van der Waals surface area contributed by atoms with Gasteiger partial charge in [0, 0.05) is 22.8 Å². The molecule has 0 fully saturated rings. The van der Waals surface area contributed by atoms with Crippen LogP contribution in [-0.4, -0.2) is 4.98 Å². The molecule has 72 valence electrons. The Kier molecular flexibility index (Phi) is 2.94. The minimum atomic E-state index is 1.17. The van der Waals surface area contributed by atoms with Gasteiger partial charge in [-0.2, -0.15) is 0 Å². The zero-order chi connectivity index (χ0) is 9.80. The molecule has 0 saturated heterocycles. The summed E-state index contributed by atoms with van der Waals surface area (Å²) >= 11 is 1.84. The van der Waals surface area contributed by atoms with Gasteiger partial charge in [-0.15, -0.1) is 11.3 Å². The van der Waals surface area contributed by atoms with Gasteiger partial charge in [-0.25, -0.2) is 0 Å². The summed E-state index contributed by atoms with van der Waals surface area (Å²) in [7, 11) is 0. The van der Waals surface area contributed by atoms with E-state index in [0.717, 1.165) is 0 Å². The summed E-state index contributed by atoms with van der Waals surface area (Å²) in [6, 6.07) is 6.30. The predicted octanol–water partition coefficient (Wildman–Crippen LogP) is 3.76. The van der Waals surface area contributed by atoms with Crippen molar-refractivity contribution < 1.29 is 0 Å². The Balaban J connectivity index is 2.37. The molecule has 2 aromatic rings. The van der Waals surface area contributed by atoms with Gasteiger partial charge in [0.1, 0.15) is 0 Å². The summed E-state index contributed by atoms with van der Waals surface area (Å²) in [5, 5.41) is 2.16. The van der Waals surface area contributed by atoms with E-state index in [9.17, 15) is 0 Å². The largest absolute Gasteiger partial charge is 0.264 e. The van der Waals surface area contributed by atoms with Crippen LogP contribution in [0.2, 0.25) is 0 Å². The van der Waals surface area contributed by atoms with Crippen molar-refractivity contribution in [2.75, 3.05) is 0 Å². The average Bonchev–Trinajstić information content (AvgIpc) is 2.68. The summed E-state index contributed by atoms with van der Waals surface area (Å²) in [6.45, 7) is 2.22. The molecule has 2 aromatic heterocycles. The molecule has 0 bridgehead atoms. The number of aryl methyl sites for hydroxylation is 1. The molecule has 0 aromatic carbocycles. The van der Waals surface area contributed by atoms with Gasteiger partial charge in [-0.3, -0.25) is 4.98 Å². The van der Waals surface area contributed by atoms with Crippen LogP contribution < -0.4 is 0 Å². The van der Waals surface area contributed by atoms with Crippen LogP contribution in [0.3, 0.4) is 0 Å². The van der Waals surface area contributed by atoms with Gasteiger partial charge in [-0.05, 0) is 29.5 Å². The highest BCUT2D eigenvalue weighted by Crippen LogP contribution is 2.28. The molecule has 1 nitrogen and oxygen atoms in total. The molecule has 0 saturated carbocycles. The van der Waals surface area contributed by atoms with Crippen molar-refractivity contribution >= 4 is 11.3 Å². The lowest BCUT2D eigenvalue weighted by molar-refractivity contribution is 0.941. The number of pyridine rings is 1. The van der Waals surface area contributed by atoms with Gasteiger partial charge in [0.15, 0.2) is 0 Å². The maximum Gasteiger partial charge on any atom is 0.0346 e. The van der Waals surface area contributed by atoms with Crippen molar-refractivity contribution in [3.63, 3.8) is 0 Å². The Morgan fingerprint density at radius 1 is 1.36 bits per heavy atom. The Hall–Kier alpha value is -1.15. The Bertz CT molecular complexity index is 392. The molecule has 2 heterocycles. The second-order valence-electron chi connectivity index (χ2n) is 3.25. The number of hydrogen-bond donors (Lipinski definition) is 0. The van der Waals surface area contributed by atoms with E-state index in [2.05, 4.69) is 29.4 Å². The lowest BCUT2D eigenvalue weighted by Crippen LogP contribution is -1.83. The molecule has 2 heteroatoms. The lowest BCUT2D eigenvalue weighted by atomic mass is 10.1. The third kappa shape index (κ3) is 1.85. The topological polar surface area (TPSA) is 12.9 Å². The predicted molar refractivity (Wildman–Crippen MR) is 61.5 cm³/mol. The summed E-state index contributed by atoms with van der Waals surface area (Å²) in [4.78, 5) is 5.62. The minimum Gasteiger partial charge on any atom is -0.264 e. The third-order valence-corrected chi connectivity index (χ3v) is 3.18. The van der Waals surface area contributed by atoms with Crippen LogP contribution in [0.5, 0.6) is 0 Å². The zero-order valence-electron chi connectivity index (χ0n) is 8.23. The monoisotopic (exact) mass is 203 g/mol. The van der Waals surface area contributed by atoms with Gasteiger partial charge in [-0.1, -0.05) is 19.4 Å². The van der Waals surface area contributed by atoms with Crippen LogP contribution >= 0.6 is 11.3 Å². The van der Waals surface area contributed by atoms with Crippen molar-refractivity contribution in [2.45, 2.75) is 19.8 Å². The first kappa shape index (κ1) is 9.41. The molecular weight excluding hydrogens is 190 g/mol. The smallest absolute Gasteiger partial charge is 0.0346 e. The Morgan fingerprint density at radius 2 is 2.29 bits per heavy atom. The quantitative estimate of drug-likeness (QED) is 0.740. The van der Waals surface area contributed by atoms with E-state index in [1.807, 2.05) is 29.8 Å². The number of hydrogen-bond acceptors (Lipinski definition) is 2. The second-order valence-corrected chi connectivity index (χ2v) is 4.25. The third-order valence-electron chi connectivity index (χ3n) is 2.20. The van der Waals surface area contributed by atoms with E-state index in [1.54, 1.807) is 0 Å². The van der Waals surface area contributed by atoms with Crippen molar-refractivity contribution in [3.05, 3.63) is 40.8 Å².